The van der Waals surface area contributed by atoms with Crippen LogP contribution in [0.5, 0.6) is 11.5 Å². The van der Waals surface area contributed by atoms with E-state index in [-0.39, 0.29) is 23.6 Å². The number of sulfonamides is 1. The molecule has 4 rings (SSSR count). The molecule has 0 saturated heterocycles. The minimum Gasteiger partial charge on any atom is -0.497 e. The van der Waals surface area contributed by atoms with Crippen molar-refractivity contribution in [2.24, 2.45) is 0 Å². The first kappa shape index (κ1) is 25.2. The molecule has 9 nitrogen and oxygen atoms in total. The average molecular weight is 510 g/mol. The number of fused-ring (bicyclic) bond motifs is 1. The molecule has 0 aromatic heterocycles. The number of aryl methyl sites for hydroxylation is 1. The fourth-order valence-corrected chi connectivity index (χ4v) is 5.20. The third kappa shape index (κ3) is 5.84. The zero-order valence-corrected chi connectivity index (χ0v) is 20.7. The van der Waals surface area contributed by atoms with Crippen molar-refractivity contribution in [2.45, 2.75) is 30.2 Å². The van der Waals surface area contributed by atoms with Crippen molar-refractivity contribution < 1.29 is 27.5 Å². The van der Waals surface area contributed by atoms with E-state index in [4.69, 9.17) is 9.47 Å². The van der Waals surface area contributed by atoms with Crippen molar-refractivity contribution in [3.05, 3.63) is 77.9 Å². The van der Waals surface area contributed by atoms with Crippen molar-refractivity contribution >= 4 is 33.2 Å². The number of methoxy groups -OCH3 is 2. The van der Waals surface area contributed by atoms with Crippen molar-refractivity contribution in [2.75, 3.05) is 24.9 Å². The number of nitrogens with one attached hydrogen (secondary N) is 3. The van der Waals surface area contributed by atoms with Gasteiger partial charge in [-0.05, 0) is 54.3 Å². The lowest BCUT2D eigenvalue weighted by Gasteiger charge is -2.21. The highest BCUT2D eigenvalue weighted by atomic mass is 32.2. The quantitative estimate of drug-likeness (QED) is 0.407. The van der Waals surface area contributed by atoms with Crippen LogP contribution in [0.25, 0.3) is 0 Å². The summed E-state index contributed by atoms with van der Waals surface area (Å²) in [4.78, 5) is 25.0. The van der Waals surface area contributed by atoms with Crippen LogP contribution < -0.4 is 24.8 Å². The van der Waals surface area contributed by atoms with Gasteiger partial charge in [-0.2, -0.15) is 4.72 Å². The smallest absolute Gasteiger partial charge is 0.243 e. The largest absolute Gasteiger partial charge is 0.497 e. The summed E-state index contributed by atoms with van der Waals surface area (Å²) in [6.45, 7) is 0. The fourth-order valence-electron chi connectivity index (χ4n) is 3.95. The Hall–Kier alpha value is -3.89. The molecule has 3 aromatic rings. The molecule has 1 atom stereocenters. The van der Waals surface area contributed by atoms with Crippen molar-refractivity contribution in [1.82, 2.24) is 4.72 Å². The Balaban J connectivity index is 1.62. The lowest BCUT2D eigenvalue weighted by molar-refractivity contribution is -0.118. The highest BCUT2D eigenvalue weighted by Crippen LogP contribution is 2.29. The van der Waals surface area contributed by atoms with Crippen LogP contribution in [0, 0.1) is 0 Å². The minimum atomic E-state index is -4.07. The standard InChI is InChI=1S/C26H27N3O6S/c1-34-19-9-12-24(35-2)22(16-19)28-26(31)23(14-17-6-4-3-5-7-17)29-36(32,33)20-10-11-21-18(15-20)8-13-25(30)27-21/h3-7,9-12,15-16,23,29H,8,13-14H2,1-2H3,(H,27,30)(H,28,31). The average Bonchev–Trinajstić information content (AvgIpc) is 2.88. The van der Waals surface area contributed by atoms with Gasteiger partial charge in [0.25, 0.3) is 0 Å². The maximum Gasteiger partial charge on any atom is 0.243 e. The number of hydrogen-bond donors (Lipinski definition) is 3. The molecular weight excluding hydrogens is 482 g/mol. The predicted molar refractivity (Wildman–Crippen MR) is 136 cm³/mol. The molecule has 3 N–H and O–H groups in total. The second kappa shape index (κ2) is 10.8. The lowest BCUT2D eigenvalue weighted by atomic mass is 10.0. The van der Waals surface area contributed by atoms with Crippen LogP contribution in [0.4, 0.5) is 11.4 Å². The Kier molecular flexibility index (Phi) is 7.56. The second-order valence-corrected chi connectivity index (χ2v) is 10.0. The molecule has 1 heterocycles. The summed E-state index contributed by atoms with van der Waals surface area (Å²) in [6, 6.07) is 17.5. The number of ether oxygens (including phenoxy) is 2. The molecule has 188 valence electrons. The van der Waals surface area contributed by atoms with E-state index in [1.54, 1.807) is 24.3 Å². The minimum absolute atomic E-state index is 0.0159. The Labute approximate surface area is 209 Å². The Morgan fingerprint density at radius 3 is 2.50 bits per heavy atom. The van der Waals surface area contributed by atoms with E-state index in [0.29, 0.717) is 29.3 Å². The van der Waals surface area contributed by atoms with Crippen LogP contribution >= 0.6 is 0 Å². The first-order valence-corrected chi connectivity index (χ1v) is 12.8. The molecule has 1 unspecified atom stereocenters. The van der Waals surface area contributed by atoms with Crippen LogP contribution in [-0.2, 0) is 32.5 Å². The van der Waals surface area contributed by atoms with Gasteiger partial charge >= 0.3 is 0 Å². The topological polar surface area (TPSA) is 123 Å². The van der Waals surface area contributed by atoms with Gasteiger partial charge in [0.05, 0.1) is 24.8 Å². The number of anilines is 2. The van der Waals surface area contributed by atoms with E-state index >= 15 is 0 Å². The monoisotopic (exact) mass is 509 g/mol. The third-order valence-electron chi connectivity index (χ3n) is 5.84. The van der Waals surface area contributed by atoms with E-state index < -0.39 is 22.0 Å². The number of carbonyl (C=O) groups excluding carboxylic acids is 2. The molecule has 10 heteroatoms. The second-order valence-electron chi connectivity index (χ2n) is 8.29. The molecular formula is C26H27N3O6S. The van der Waals surface area contributed by atoms with Crippen LogP contribution in [-0.4, -0.2) is 40.5 Å². The van der Waals surface area contributed by atoms with Crippen LogP contribution in [0.2, 0.25) is 0 Å². The Bertz CT molecular complexity index is 1380. The zero-order chi connectivity index (χ0) is 25.7. The molecule has 0 saturated carbocycles. The first-order chi connectivity index (χ1) is 17.3. The molecule has 36 heavy (non-hydrogen) atoms. The number of carbonyl (C=O) groups is 2. The van der Waals surface area contributed by atoms with Gasteiger partial charge < -0.3 is 20.1 Å². The van der Waals surface area contributed by atoms with Gasteiger partial charge in [0.2, 0.25) is 21.8 Å². The van der Waals surface area contributed by atoms with Gasteiger partial charge in [-0.15, -0.1) is 0 Å². The number of rotatable bonds is 9. The summed E-state index contributed by atoms with van der Waals surface area (Å²) < 4.78 is 39.8. The maximum absolute atomic E-state index is 13.4. The van der Waals surface area contributed by atoms with Crippen LogP contribution in [0.3, 0.4) is 0 Å². The molecule has 0 radical (unpaired) electrons. The van der Waals surface area contributed by atoms with E-state index in [1.165, 1.54) is 26.4 Å². The predicted octanol–water partition coefficient (Wildman–Crippen LogP) is 3.12. The molecule has 1 aliphatic heterocycles. The Morgan fingerprint density at radius 1 is 1.00 bits per heavy atom. The van der Waals surface area contributed by atoms with Gasteiger partial charge in [-0.1, -0.05) is 30.3 Å². The molecule has 0 fully saturated rings. The fraction of sp³-hybridized carbons (Fsp3) is 0.231. The first-order valence-electron chi connectivity index (χ1n) is 11.3. The molecule has 1 aliphatic rings. The highest BCUT2D eigenvalue weighted by Gasteiger charge is 2.28. The number of benzene rings is 3. The summed E-state index contributed by atoms with van der Waals surface area (Å²) in [5, 5.41) is 5.50. The SMILES string of the molecule is COc1ccc(OC)c(NC(=O)C(Cc2ccccc2)NS(=O)(=O)c2ccc3c(c2)CCC(=O)N3)c1. The number of amides is 2. The summed E-state index contributed by atoms with van der Waals surface area (Å²) >= 11 is 0. The number of hydrogen-bond acceptors (Lipinski definition) is 6. The molecule has 2 amide bonds. The highest BCUT2D eigenvalue weighted by molar-refractivity contribution is 7.89. The summed E-state index contributed by atoms with van der Waals surface area (Å²) in [7, 11) is -1.10. The summed E-state index contributed by atoms with van der Waals surface area (Å²) in [5.74, 6) is 0.248. The van der Waals surface area contributed by atoms with Gasteiger partial charge in [0.1, 0.15) is 17.5 Å². The molecule has 0 bridgehead atoms. The van der Waals surface area contributed by atoms with Crippen molar-refractivity contribution in [3.63, 3.8) is 0 Å². The van der Waals surface area contributed by atoms with E-state index in [9.17, 15) is 18.0 Å². The van der Waals surface area contributed by atoms with Gasteiger partial charge in [-0.3, -0.25) is 9.59 Å². The zero-order valence-electron chi connectivity index (χ0n) is 19.9. The van der Waals surface area contributed by atoms with Gasteiger partial charge in [-0.25, -0.2) is 8.42 Å². The van der Waals surface area contributed by atoms with Gasteiger partial charge in [0.15, 0.2) is 0 Å². The van der Waals surface area contributed by atoms with E-state index in [2.05, 4.69) is 15.4 Å². The molecule has 3 aromatic carbocycles. The van der Waals surface area contributed by atoms with Crippen LogP contribution in [0.15, 0.2) is 71.6 Å². The van der Waals surface area contributed by atoms with Crippen molar-refractivity contribution in [1.29, 1.82) is 0 Å². The normalized spacial score (nSPS) is 13.8. The maximum atomic E-state index is 13.4. The van der Waals surface area contributed by atoms with E-state index in [0.717, 1.165) is 11.1 Å². The van der Waals surface area contributed by atoms with Gasteiger partial charge in [0, 0.05) is 18.2 Å². The van der Waals surface area contributed by atoms with Crippen LogP contribution in [0.1, 0.15) is 17.5 Å². The Morgan fingerprint density at radius 2 is 1.78 bits per heavy atom. The molecule has 0 aliphatic carbocycles. The summed E-state index contributed by atoms with van der Waals surface area (Å²) in [6.07, 6.45) is 0.846. The molecule has 0 spiro atoms. The summed E-state index contributed by atoms with van der Waals surface area (Å²) in [5.41, 5.74) is 2.45. The third-order valence-corrected chi connectivity index (χ3v) is 7.31. The van der Waals surface area contributed by atoms with E-state index in [1.807, 2.05) is 30.3 Å². The lowest BCUT2D eigenvalue weighted by Crippen LogP contribution is -2.45. The van der Waals surface area contributed by atoms with Crippen molar-refractivity contribution in [3.8, 4) is 11.5 Å².